The van der Waals surface area contributed by atoms with Crippen LogP contribution in [-0.4, -0.2) is 18.5 Å². The van der Waals surface area contributed by atoms with Crippen LogP contribution in [-0.2, 0) is 17.8 Å². The van der Waals surface area contributed by atoms with Crippen LogP contribution in [0.25, 0.3) is 6.08 Å². The Morgan fingerprint density at radius 1 is 0.946 bits per heavy atom. The first kappa shape index (κ1) is 26.6. The van der Waals surface area contributed by atoms with Crippen LogP contribution < -0.4 is 19.7 Å². The molecule has 4 rings (SSSR count). The average Bonchev–Trinajstić information content (AvgIpc) is 3.13. The summed E-state index contributed by atoms with van der Waals surface area (Å²) in [5, 5.41) is 4.18. The molecule has 37 heavy (non-hydrogen) atoms. The van der Waals surface area contributed by atoms with Gasteiger partial charge < -0.3 is 14.8 Å². The summed E-state index contributed by atoms with van der Waals surface area (Å²) in [5.74, 6) is 0.554. The van der Waals surface area contributed by atoms with Gasteiger partial charge in [-0.3, -0.25) is 4.79 Å². The molecule has 3 aromatic carbocycles. The van der Waals surface area contributed by atoms with Crippen LogP contribution in [0.2, 0.25) is 15.1 Å². The third-order valence-corrected chi connectivity index (χ3v) is 6.32. The molecule has 3 amide bonds. The van der Waals surface area contributed by atoms with Crippen molar-refractivity contribution in [1.82, 2.24) is 5.32 Å². The van der Waals surface area contributed by atoms with Crippen molar-refractivity contribution in [1.29, 1.82) is 0 Å². The number of halogens is 3. The number of amides is 3. The number of nitrogens with zero attached hydrogens (tertiary/aromatic N) is 1. The number of allylic oxidation sites excluding steroid dienone is 1. The highest BCUT2D eigenvalue weighted by Crippen LogP contribution is 2.36. The zero-order valence-corrected chi connectivity index (χ0v) is 22.2. The minimum absolute atomic E-state index is 0.133. The summed E-state index contributed by atoms with van der Waals surface area (Å²) in [5.41, 5.74) is 2.77. The fraction of sp³-hybridized carbons (Fsp3) is 0.143. The van der Waals surface area contributed by atoms with Crippen LogP contribution in [0.5, 0.6) is 11.5 Å². The number of urea groups is 1. The molecule has 0 bridgehead atoms. The molecule has 0 spiro atoms. The number of carbonyl (C=O) groups excluding carboxylic acids is 2. The maximum atomic E-state index is 13.1. The lowest BCUT2D eigenvalue weighted by Crippen LogP contribution is -2.30. The lowest BCUT2D eigenvalue weighted by molar-refractivity contribution is -0.113. The summed E-state index contributed by atoms with van der Waals surface area (Å²) in [6, 6.07) is 14.7. The third kappa shape index (κ3) is 6.10. The first-order valence-corrected chi connectivity index (χ1v) is 12.5. The first-order chi connectivity index (χ1) is 17.8. The van der Waals surface area contributed by atoms with Crippen molar-refractivity contribution >= 4 is 58.5 Å². The van der Waals surface area contributed by atoms with E-state index in [-0.39, 0.29) is 12.3 Å². The van der Waals surface area contributed by atoms with E-state index in [1.807, 2.05) is 13.0 Å². The van der Waals surface area contributed by atoms with E-state index >= 15 is 0 Å². The van der Waals surface area contributed by atoms with Crippen LogP contribution in [0.1, 0.15) is 23.6 Å². The maximum absolute atomic E-state index is 13.1. The normalized spacial score (nSPS) is 14.2. The topological polar surface area (TPSA) is 67.9 Å². The van der Waals surface area contributed by atoms with Crippen molar-refractivity contribution in [3.63, 3.8) is 0 Å². The Bertz CT molecular complexity index is 1390. The van der Waals surface area contributed by atoms with Gasteiger partial charge in [-0.25, -0.2) is 9.69 Å². The van der Waals surface area contributed by atoms with Crippen LogP contribution in [0, 0.1) is 0 Å². The highest BCUT2D eigenvalue weighted by Gasteiger charge is 2.35. The van der Waals surface area contributed by atoms with Crippen molar-refractivity contribution in [2.75, 3.05) is 11.5 Å². The number of hydrogen-bond donors (Lipinski definition) is 1. The molecule has 1 fully saturated rings. The molecule has 1 aliphatic heterocycles. The average molecular weight is 558 g/mol. The summed E-state index contributed by atoms with van der Waals surface area (Å²) in [4.78, 5) is 26.7. The van der Waals surface area contributed by atoms with Crippen LogP contribution >= 0.6 is 34.8 Å². The molecule has 1 saturated heterocycles. The molecule has 0 aliphatic carbocycles. The van der Waals surface area contributed by atoms with E-state index in [9.17, 15) is 9.59 Å². The number of hydrogen-bond acceptors (Lipinski definition) is 4. The van der Waals surface area contributed by atoms with Gasteiger partial charge in [-0.05, 0) is 73.5 Å². The molecule has 9 heteroatoms. The van der Waals surface area contributed by atoms with Crippen molar-refractivity contribution in [3.8, 4) is 11.5 Å². The largest absolute Gasteiger partial charge is 0.490 e. The minimum atomic E-state index is -0.547. The fourth-order valence-electron chi connectivity index (χ4n) is 3.82. The molecule has 1 aliphatic rings. The van der Waals surface area contributed by atoms with Gasteiger partial charge >= 0.3 is 6.03 Å². The quantitative estimate of drug-likeness (QED) is 0.169. The van der Waals surface area contributed by atoms with Gasteiger partial charge in [-0.1, -0.05) is 46.9 Å². The number of ether oxygens (including phenoxy) is 2. The Labute approximate surface area is 230 Å². The monoisotopic (exact) mass is 556 g/mol. The molecule has 0 aromatic heterocycles. The number of anilines is 1. The van der Waals surface area contributed by atoms with Crippen molar-refractivity contribution in [2.45, 2.75) is 20.0 Å². The highest BCUT2D eigenvalue weighted by molar-refractivity contribution is 6.35. The van der Waals surface area contributed by atoms with E-state index in [1.165, 1.54) is 0 Å². The maximum Gasteiger partial charge on any atom is 0.333 e. The Morgan fingerprint density at radius 3 is 2.35 bits per heavy atom. The number of rotatable bonds is 9. The lowest BCUT2D eigenvalue weighted by Gasteiger charge is -2.17. The number of carbonyl (C=O) groups is 2. The fourth-order valence-corrected chi connectivity index (χ4v) is 4.40. The van der Waals surface area contributed by atoms with Gasteiger partial charge in [0.05, 0.1) is 12.3 Å². The molecule has 0 atom stereocenters. The highest BCUT2D eigenvalue weighted by atomic mass is 35.5. The van der Waals surface area contributed by atoms with E-state index in [4.69, 9.17) is 44.3 Å². The molecule has 190 valence electrons. The summed E-state index contributed by atoms with van der Waals surface area (Å²) >= 11 is 18.2. The second-order valence-electron chi connectivity index (χ2n) is 8.06. The molecule has 0 radical (unpaired) electrons. The van der Waals surface area contributed by atoms with Gasteiger partial charge in [0.1, 0.15) is 12.3 Å². The van der Waals surface area contributed by atoms with Gasteiger partial charge in [0.15, 0.2) is 11.5 Å². The van der Waals surface area contributed by atoms with E-state index in [2.05, 4.69) is 11.9 Å². The van der Waals surface area contributed by atoms with E-state index in [0.29, 0.717) is 50.8 Å². The second kappa shape index (κ2) is 11.7. The summed E-state index contributed by atoms with van der Waals surface area (Å²) in [7, 11) is 0. The Morgan fingerprint density at radius 2 is 1.68 bits per heavy atom. The predicted molar refractivity (Wildman–Crippen MR) is 148 cm³/mol. The standard InChI is InChI=1S/C28H23Cl3N2O4/c1-3-5-18-12-17(13-24-27(34)33(28(35)32-24)22-10-8-20(29)9-11-22)14-25(36-4-2)26(18)37-16-19-6-7-21(30)15-23(19)31/h3,6-15H,1,4-5,16H2,2H3,(H,32,35)/b24-13+. The molecule has 3 aromatic rings. The Kier molecular flexibility index (Phi) is 8.44. The van der Waals surface area contributed by atoms with Gasteiger partial charge in [-0.15, -0.1) is 6.58 Å². The third-order valence-electron chi connectivity index (χ3n) is 5.48. The van der Waals surface area contributed by atoms with E-state index < -0.39 is 11.9 Å². The SMILES string of the molecule is C=CCc1cc(/C=C2/NC(=O)N(c3ccc(Cl)cc3)C2=O)cc(OCC)c1OCc1ccc(Cl)cc1Cl. The predicted octanol–water partition coefficient (Wildman–Crippen LogP) is 7.45. The van der Waals surface area contributed by atoms with Crippen LogP contribution in [0.4, 0.5) is 10.5 Å². The second-order valence-corrected chi connectivity index (χ2v) is 9.34. The lowest BCUT2D eigenvalue weighted by atomic mass is 10.0. The van der Waals surface area contributed by atoms with E-state index in [0.717, 1.165) is 16.0 Å². The van der Waals surface area contributed by atoms with Gasteiger partial charge in [-0.2, -0.15) is 0 Å². The zero-order chi connectivity index (χ0) is 26.5. The zero-order valence-electron chi connectivity index (χ0n) is 19.9. The summed E-state index contributed by atoms with van der Waals surface area (Å²) in [6.45, 7) is 6.30. The van der Waals surface area contributed by atoms with Crippen LogP contribution in [0.3, 0.4) is 0 Å². The molecule has 6 nitrogen and oxygen atoms in total. The molecule has 1 N–H and O–H groups in total. The van der Waals surface area contributed by atoms with E-state index in [1.54, 1.807) is 60.7 Å². The van der Waals surface area contributed by atoms with Crippen LogP contribution in [0.15, 0.2) is 72.9 Å². The first-order valence-electron chi connectivity index (χ1n) is 11.4. The molecular weight excluding hydrogens is 535 g/mol. The van der Waals surface area contributed by atoms with Gasteiger partial charge in [0, 0.05) is 26.2 Å². The Balaban J connectivity index is 1.66. The molecule has 1 heterocycles. The Hall–Kier alpha value is -3.45. The van der Waals surface area contributed by atoms with Crippen molar-refractivity contribution in [2.24, 2.45) is 0 Å². The summed E-state index contributed by atoms with van der Waals surface area (Å²) < 4.78 is 12.0. The van der Waals surface area contributed by atoms with Gasteiger partial charge in [0.25, 0.3) is 5.91 Å². The summed E-state index contributed by atoms with van der Waals surface area (Å²) in [6.07, 6.45) is 3.83. The number of benzene rings is 3. The van der Waals surface area contributed by atoms with Gasteiger partial charge in [0.2, 0.25) is 0 Å². The molecule has 0 saturated carbocycles. The molecular formula is C28H23Cl3N2O4. The van der Waals surface area contributed by atoms with Crippen molar-refractivity contribution < 1.29 is 19.1 Å². The number of nitrogens with one attached hydrogen (secondary N) is 1. The minimum Gasteiger partial charge on any atom is -0.490 e. The smallest absolute Gasteiger partial charge is 0.333 e. The number of imide groups is 1. The van der Waals surface area contributed by atoms with Crippen molar-refractivity contribution in [3.05, 3.63) is 105 Å². The molecule has 0 unspecified atom stereocenters.